The van der Waals surface area contributed by atoms with Crippen LogP contribution in [0.4, 0.5) is 0 Å². The van der Waals surface area contributed by atoms with Crippen LogP contribution >= 0.6 is 0 Å². The Kier molecular flexibility index (Phi) is 4.72. The van der Waals surface area contributed by atoms with Crippen LogP contribution in [0, 0.1) is 0 Å². The van der Waals surface area contributed by atoms with E-state index in [1.807, 2.05) is 11.6 Å². The predicted molar refractivity (Wildman–Crippen MR) is 82.3 cm³/mol. The number of nitrogens with one attached hydrogen (secondary N) is 1. The molecule has 0 saturated heterocycles. The maximum absolute atomic E-state index is 12.2. The summed E-state index contributed by atoms with van der Waals surface area (Å²) in [6.45, 7) is 1.97. The Balaban J connectivity index is 2.19. The van der Waals surface area contributed by atoms with E-state index >= 15 is 0 Å². The summed E-state index contributed by atoms with van der Waals surface area (Å²) in [5.41, 5.74) is 1.59. The SMILES string of the molecule is CCc1ccc(S(=O)(=O)NC(=O)c2ccc(C=O)cc2)cc1. The molecule has 0 aliphatic heterocycles. The van der Waals surface area contributed by atoms with Crippen molar-refractivity contribution < 1.29 is 18.0 Å². The van der Waals surface area contributed by atoms with Gasteiger partial charge in [0.15, 0.2) is 0 Å². The molecular formula is C16H15NO4S. The summed E-state index contributed by atoms with van der Waals surface area (Å²) in [4.78, 5) is 22.6. The van der Waals surface area contributed by atoms with Gasteiger partial charge >= 0.3 is 0 Å². The van der Waals surface area contributed by atoms with E-state index in [-0.39, 0.29) is 10.5 Å². The summed E-state index contributed by atoms with van der Waals surface area (Å²) >= 11 is 0. The molecule has 2 rings (SSSR count). The van der Waals surface area contributed by atoms with E-state index in [1.54, 1.807) is 12.1 Å². The highest BCUT2D eigenvalue weighted by atomic mass is 32.2. The Morgan fingerprint density at radius 1 is 1.05 bits per heavy atom. The van der Waals surface area contributed by atoms with Gasteiger partial charge in [-0.05, 0) is 36.2 Å². The van der Waals surface area contributed by atoms with E-state index in [9.17, 15) is 18.0 Å². The van der Waals surface area contributed by atoms with Crippen LogP contribution in [0.3, 0.4) is 0 Å². The fourth-order valence-electron chi connectivity index (χ4n) is 1.86. The van der Waals surface area contributed by atoms with Gasteiger partial charge in [-0.2, -0.15) is 0 Å². The van der Waals surface area contributed by atoms with Gasteiger partial charge in [-0.15, -0.1) is 0 Å². The number of carbonyl (C=O) groups is 2. The van der Waals surface area contributed by atoms with Crippen LogP contribution in [0.1, 0.15) is 33.2 Å². The summed E-state index contributed by atoms with van der Waals surface area (Å²) in [5, 5.41) is 0. The van der Waals surface area contributed by atoms with Gasteiger partial charge in [0.05, 0.1) is 4.90 Å². The van der Waals surface area contributed by atoms with E-state index in [0.717, 1.165) is 12.0 Å². The monoisotopic (exact) mass is 317 g/mol. The average molecular weight is 317 g/mol. The molecule has 0 radical (unpaired) electrons. The molecule has 0 aliphatic rings. The maximum atomic E-state index is 12.2. The zero-order valence-electron chi connectivity index (χ0n) is 11.9. The first kappa shape index (κ1) is 15.9. The number of benzene rings is 2. The molecule has 0 aromatic heterocycles. The normalized spacial score (nSPS) is 11.0. The van der Waals surface area contributed by atoms with Crippen LogP contribution in [0.25, 0.3) is 0 Å². The number of amides is 1. The van der Waals surface area contributed by atoms with E-state index < -0.39 is 15.9 Å². The molecule has 0 heterocycles. The Hall–Kier alpha value is -2.47. The maximum Gasteiger partial charge on any atom is 0.264 e. The highest BCUT2D eigenvalue weighted by Crippen LogP contribution is 2.12. The van der Waals surface area contributed by atoms with Crippen molar-refractivity contribution in [3.8, 4) is 0 Å². The highest BCUT2D eigenvalue weighted by molar-refractivity contribution is 7.90. The van der Waals surface area contributed by atoms with Gasteiger partial charge in [0.1, 0.15) is 6.29 Å². The van der Waals surface area contributed by atoms with Crippen LogP contribution < -0.4 is 4.72 Å². The van der Waals surface area contributed by atoms with Crippen LogP contribution in [0.5, 0.6) is 0 Å². The minimum atomic E-state index is -3.92. The van der Waals surface area contributed by atoms with Crippen LogP contribution in [0.15, 0.2) is 53.4 Å². The highest BCUT2D eigenvalue weighted by Gasteiger charge is 2.18. The molecule has 6 heteroatoms. The van der Waals surface area contributed by atoms with E-state index in [2.05, 4.69) is 0 Å². The van der Waals surface area contributed by atoms with Gasteiger partial charge in [0, 0.05) is 11.1 Å². The smallest absolute Gasteiger partial charge is 0.264 e. The molecule has 0 unspecified atom stereocenters. The number of sulfonamides is 1. The predicted octanol–water partition coefficient (Wildman–Crippen LogP) is 2.18. The Morgan fingerprint density at radius 3 is 2.14 bits per heavy atom. The number of aryl methyl sites for hydroxylation is 1. The molecule has 0 aliphatic carbocycles. The zero-order chi connectivity index (χ0) is 16.2. The van der Waals surface area contributed by atoms with Crippen molar-refractivity contribution in [3.63, 3.8) is 0 Å². The fourth-order valence-corrected chi connectivity index (χ4v) is 2.83. The molecule has 0 saturated carbocycles. The van der Waals surface area contributed by atoms with Crippen molar-refractivity contribution in [2.24, 2.45) is 0 Å². The Morgan fingerprint density at radius 2 is 1.64 bits per heavy atom. The van der Waals surface area contributed by atoms with Crippen molar-refractivity contribution in [1.82, 2.24) is 4.72 Å². The van der Waals surface area contributed by atoms with Crippen molar-refractivity contribution in [2.45, 2.75) is 18.2 Å². The summed E-state index contributed by atoms with van der Waals surface area (Å²) in [6.07, 6.45) is 1.45. The molecule has 2 aromatic carbocycles. The lowest BCUT2D eigenvalue weighted by Crippen LogP contribution is -2.30. The quantitative estimate of drug-likeness (QED) is 0.857. The molecule has 0 spiro atoms. The summed E-state index contributed by atoms with van der Waals surface area (Å²) < 4.78 is 26.3. The first-order chi connectivity index (χ1) is 10.5. The standard InChI is InChI=1S/C16H15NO4S/c1-2-12-5-9-15(10-6-12)22(20,21)17-16(19)14-7-3-13(11-18)4-8-14/h3-11H,2H2,1H3,(H,17,19). The molecule has 0 fully saturated rings. The summed E-state index contributed by atoms with van der Waals surface area (Å²) in [7, 11) is -3.92. The third kappa shape index (κ3) is 3.59. The van der Waals surface area contributed by atoms with E-state index in [0.29, 0.717) is 11.8 Å². The molecule has 2 aromatic rings. The topological polar surface area (TPSA) is 80.3 Å². The van der Waals surface area contributed by atoms with Crippen LogP contribution in [-0.4, -0.2) is 20.6 Å². The molecule has 5 nitrogen and oxygen atoms in total. The average Bonchev–Trinajstić information content (AvgIpc) is 2.54. The lowest BCUT2D eigenvalue weighted by Gasteiger charge is -2.07. The fraction of sp³-hybridized carbons (Fsp3) is 0.125. The first-order valence-electron chi connectivity index (χ1n) is 6.67. The summed E-state index contributed by atoms with van der Waals surface area (Å²) in [5.74, 6) is -0.739. The van der Waals surface area contributed by atoms with E-state index in [4.69, 9.17) is 0 Å². The molecule has 0 bridgehead atoms. The van der Waals surface area contributed by atoms with Crippen molar-refractivity contribution in [1.29, 1.82) is 0 Å². The van der Waals surface area contributed by atoms with Gasteiger partial charge < -0.3 is 0 Å². The minimum Gasteiger partial charge on any atom is -0.298 e. The molecule has 1 amide bonds. The second-order valence-corrected chi connectivity index (χ2v) is 6.35. The number of rotatable bonds is 5. The molecule has 0 atom stereocenters. The third-order valence-corrected chi connectivity index (χ3v) is 4.52. The minimum absolute atomic E-state index is 0.0301. The second-order valence-electron chi connectivity index (χ2n) is 4.67. The zero-order valence-corrected chi connectivity index (χ0v) is 12.8. The van der Waals surface area contributed by atoms with Gasteiger partial charge in [-0.1, -0.05) is 31.2 Å². The molecule has 22 heavy (non-hydrogen) atoms. The van der Waals surface area contributed by atoms with Crippen molar-refractivity contribution in [2.75, 3.05) is 0 Å². The first-order valence-corrected chi connectivity index (χ1v) is 8.16. The number of hydrogen-bond acceptors (Lipinski definition) is 4. The van der Waals surface area contributed by atoms with E-state index in [1.165, 1.54) is 36.4 Å². The Bertz CT molecular complexity index is 778. The van der Waals surface area contributed by atoms with Gasteiger partial charge in [-0.3, -0.25) is 9.59 Å². The van der Waals surface area contributed by atoms with Gasteiger partial charge in [0.2, 0.25) is 0 Å². The second kappa shape index (κ2) is 6.53. The largest absolute Gasteiger partial charge is 0.298 e. The molecular weight excluding hydrogens is 302 g/mol. The van der Waals surface area contributed by atoms with Crippen molar-refractivity contribution >= 4 is 22.2 Å². The molecule has 114 valence electrons. The van der Waals surface area contributed by atoms with Crippen LogP contribution in [0.2, 0.25) is 0 Å². The Labute approximate surface area is 129 Å². The molecule has 1 N–H and O–H groups in total. The lowest BCUT2D eigenvalue weighted by molar-refractivity contribution is 0.0980. The number of hydrogen-bond donors (Lipinski definition) is 1. The third-order valence-electron chi connectivity index (χ3n) is 3.18. The number of aldehydes is 1. The van der Waals surface area contributed by atoms with Gasteiger partial charge in [0.25, 0.3) is 15.9 Å². The van der Waals surface area contributed by atoms with Gasteiger partial charge in [-0.25, -0.2) is 13.1 Å². The number of carbonyl (C=O) groups excluding carboxylic acids is 2. The van der Waals surface area contributed by atoms with Crippen molar-refractivity contribution in [3.05, 3.63) is 65.2 Å². The summed E-state index contributed by atoms with van der Waals surface area (Å²) in [6, 6.07) is 12.0. The lowest BCUT2D eigenvalue weighted by atomic mass is 10.1. The van der Waals surface area contributed by atoms with Crippen LogP contribution in [-0.2, 0) is 16.4 Å².